The molecule has 0 unspecified atom stereocenters. The van der Waals surface area contributed by atoms with Crippen LogP contribution in [0.1, 0.15) is 36.0 Å². The lowest BCUT2D eigenvalue weighted by molar-refractivity contribution is 0.0954. The summed E-state index contributed by atoms with van der Waals surface area (Å²) >= 11 is 7.30. The van der Waals surface area contributed by atoms with E-state index in [0.29, 0.717) is 27.1 Å². The van der Waals surface area contributed by atoms with Gasteiger partial charge in [0.1, 0.15) is 0 Å². The molecule has 0 spiro atoms. The smallest absolute Gasteiger partial charge is 0.271 e. The Morgan fingerprint density at radius 1 is 1.25 bits per heavy atom. The van der Waals surface area contributed by atoms with Crippen molar-refractivity contribution in [3.05, 3.63) is 45.1 Å². The van der Waals surface area contributed by atoms with Crippen LogP contribution in [0.4, 0.5) is 0 Å². The first-order valence-corrected chi connectivity index (χ1v) is 8.55. The number of nitrogens with zero attached hydrogens (tertiary/aromatic N) is 1. The first kappa shape index (κ1) is 18.3. The fraction of sp³-hybridized carbons (Fsp3) is 0.294. The summed E-state index contributed by atoms with van der Waals surface area (Å²) in [5, 5.41) is 4.11. The second-order valence-electron chi connectivity index (χ2n) is 5.27. The van der Waals surface area contributed by atoms with E-state index in [0.717, 1.165) is 4.88 Å². The highest BCUT2D eigenvalue weighted by Gasteiger charge is 2.12. The third-order valence-corrected chi connectivity index (χ3v) is 4.38. The van der Waals surface area contributed by atoms with Crippen molar-refractivity contribution < 1.29 is 14.3 Å². The first-order chi connectivity index (χ1) is 11.4. The summed E-state index contributed by atoms with van der Waals surface area (Å²) in [4.78, 5) is 13.2. The molecule has 1 aromatic carbocycles. The number of methoxy groups -OCH3 is 1. The topological polar surface area (TPSA) is 59.9 Å². The highest BCUT2D eigenvalue weighted by molar-refractivity contribution is 7.18. The third kappa shape index (κ3) is 4.72. The third-order valence-electron chi connectivity index (χ3n) is 3.04. The van der Waals surface area contributed by atoms with Crippen molar-refractivity contribution >= 4 is 34.6 Å². The van der Waals surface area contributed by atoms with Gasteiger partial charge in [0.15, 0.2) is 11.5 Å². The zero-order valence-corrected chi connectivity index (χ0v) is 15.5. The number of hydrogen-bond donors (Lipinski definition) is 1. The van der Waals surface area contributed by atoms with Gasteiger partial charge >= 0.3 is 0 Å². The quantitative estimate of drug-likeness (QED) is 0.610. The van der Waals surface area contributed by atoms with Gasteiger partial charge in [0.2, 0.25) is 0 Å². The average molecular weight is 367 g/mol. The summed E-state index contributed by atoms with van der Waals surface area (Å²) in [6.07, 6.45) is 0.0171. The molecule has 0 atom stereocenters. The molecule has 0 aliphatic rings. The minimum absolute atomic E-state index is 0.0171. The van der Waals surface area contributed by atoms with Crippen LogP contribution < -0.4 is 14.9 Å². The van der Waals surface area contributed by atoms with Crippen LogP contribution >= 0.6 is 22.9 Å². The number of carbonyl (C=O) groups is 1. The maximum Gasteiger partial charge on any atom is 0.271 e. The molecule has 5 nitrogen and oxygen atoms in total. The monoisotopic (exact) mass is 366 g/mol. The number of thiophene rings is 1. The van der Waals surface area contributed by atoms with Crippen LogP contribution in [0.3, 0.4) is 0 Å². The number of nitrogens with one attached hydrogen (secondary N) is 1. The van der Waals surface area contributed by atoms with Crippen molar-refractivity contribution in [2.75, 3.05) is 7.11 Å². The van der Waals surface area contributed by atoms with Crippen molar-refractivity contribution in [1.29, 1.82) is 0 Å². The second kappa shape index (κ2) is 8.17. The molecule has 0 saturated heterocycles. The maximum absolute atomic E-state index is 12.3. The van der Waals surface area contributed by atoms with E-state index in [1.807, 2.05) is 26.8 Å². The number of hydrogen-bond acceptors (Lipinski definition) is 5. The van der Waals surface area contributed by atoms with Crippen LogP contribution in [0.2, 0.25) is 4.34 Å². The van der Waals surface area contributed by atoms with E-state index in [9.17, 15) is 4.79 Å². The van der Waals surface area contributed by atoms with Gasteiger partial charge in [-0.05, 0) is 51.1 Å². The number of ether oxygens (including phenoxy) is 2. The molecule has 1 N–H and O–H groups in total. The van der Waals surface area contributed by atoms with E-state index in [2.05, 4.69) is 10.5 Å². The van der Waals surface area contributed by atoms with Crippen molar-refractivity contribution in [3.8, 4) is 11.5 Å². The Hall–Kier alpha value is -2.05. The summed E-state index contributed by atoms with van der Waals surface area (Å²) in [5.41, 5.74) is 3.66. The van der Waals surface area contributed by atoms with Gasteiger partial charge in [0.05, 0.1) is 28.1 Å². The fourth-order valence-electron chi connectivity index (χ4n) is 1.92. The lowest BCUT2D eigenvalue weighted by Crippen LogP contribution is -2.19. The molecule has 0 bridgehead atoms. The Balaban J connectivity index is 2.12. The van der Waals surface area contributed by atoms with Gasteiger partial charge in [-0.1, -0.05) is 11.6 Å². The summed E-state index contributed by atoms with van der Waals surface area (Å²) in [7, 11) is 1.53. The predicted molar refractivity (Wildman–Crippen MR) is 97.8 cm³/mol. The van der Waals surface area contributed by atoms with Gasteiger partial charge in [-0.2, -0.15) is 5.10 Å². The Bertz CT molecular complexity index is 756. The van der Waals surface area contributed by atoms with Gasteiger partial charge in [-0.25, -0.2) is 5.43 Å². The Kier molecular flexibility index (Phi) is 6.23. The van der Waals surface area contributed by atoms with Gasteiger partial charge in [-0.15, -0.1) is 11.3 Å². The van der Waals surface area contributed by atoms with Crippen LogP contribution in [0.5, 0.6) is 11.5 Å². The van der Waals surface area contributed by atoms with Crippen LogP contribution in [0, 0.1) is 0 Å². The minimum atomic E-state index is -0.327. The predicted octanol–water partition coefficient (Wildman–Crippen LogP) is 4.35. The standard InChI is InChI=1S/C17H19ClN2O3S/c1-10(2)23-13-6-5-12(9-14(13)22-4)17(21)20-19-11(3)15-7-8-16(18)24-15/h5-10H,1-4H3,(H,20,21)/b19-11-. The molecule has 7 heteroatoms. The zero-order valence-electron chi connectivity index (χ0n) is 13.9. The summed E-state index contributed by atoms with van der Waals surface area (Å²) in [6.45, 7) is 5.66. The molecule has 2 rings (SSSR count). The van der Waals surface area contributed by atoms with Crippen molar-refractivity contribution in [2.24, 2.45) is 5.10 Å². The number of rotatable bonds is 6. The van der Waals surface area contributed by atoms with E-state index in [-0.39, 0.29) is 12.0 Å². The highest BCUT2D eigenvalue weighted by Crippen LogP contribution is 2.29. The average Bonchev–Trinajstić information content (AvgIpc) is 2.98. The summed E-state index contributed by atoms with van der Waals surface area (Å²) in [5.74, 6) is 0.769. The molecule has 0 saturated carbocycles. The Labute approximate surface area is 150 Å². The number of carbonyl (C=O) groups excluding carboxylic acids is 1. The second-order valence-corrected chi connectivity index (χ2v) is 6.99. The molecular formula is C17H19ClN2O3S. The van der Waals surface area contributed by atoms with E-state index in [1.165, 1.54) is 18.4 Å². The molecule has 1 heterocycles. The lowest BCUT2D eigenvalue weighted by atomic mass is 10.2. The van der Waals surface area contributed by atoms with Gasteiger partial charge < -0.3 is 9.47 Å². The first-order valence-electron chi connectivity index (χ1n) is 7.35. The van der Waals surface area contributed by atoms with E-state index < -0.39 is 0 Å². The molecular weight excluding hydrogens is 348 g/mol. The van der Waals surface area contributed by atoms with E-state index >= 15 is 0 Å². The van der Waals surface area contributed by atoms with Crippen LogP contribution in [0.15, 0.2) is 35.4 Å². The van der Waals surface area contributed by atoms with Crippen LogP contribution in [0.25, 0.3) is 0 Å². The van der Waals surface area contributed by atoms with Gasteiger partial charge in [0.25, 0.3) is 5.91 Å². The van der Waals surface area contributed by atoms with Crippen LogP contribution in [-0.4, -0.2) is 24.8 Å². The number of benzene rings is 1. The number of hydrazone groups is 1. The Morgan fingerprint density at radius 3 is 2.58 bits per heavy atom. The molecule has 1 aromatic heterocycles. The number of halogens is 1. The molecule has 0 fully saturated rings. The molecule has 0 aliphatic heterocycles. The molecule has 128 valence electrons. The van der Waals surface area contributed by atoms with Crippen LogP contribution in [-0.2, 0) is 0 Å². The maximum atomic E-state index is 12.3. The fourth-order valence-corrected chi connectivity index (χ4v) is 2.91. The summed E-state index contributed by atoms with van der Waals surface area (Å²) < 4.78 is 11.6. The highest BCUT2D eigenvalue weighted by atomic mass is 35.5. The SMILES string of the molecule is COc1cc(C(=O)N/N=C(/C)c2ccc(Cl)s2)ccc1OC(C)C. The van der Waals surface area contributed by atoms with Gasteiger partial charge in [-0.3, -0.25) is 4.79 Å². The zero-order chi connectivity index (χ0) is 17.7. The number of amides is 1. The Morgan fingerprint density at radius 2 is 2.00 bits per heavy atom. The van der Waals surface area contributed by atoms with E-state index in [1.54, 1.807) is 24.3 Å². The molecule has 2 aromatic rings. The minimum Gasteiger partial charge on any atom is -0.493 e. The lowest BCUT2D eigenvalue weighted by Gasteiger charge is -2.14. The molecule has 1 amide bonds. The van der Waals surface area contributed by atoms with Crippen molar-refractivity contribution in [1.82, 2.24) is 5.43 Å². The molecule has 24 heavy (non-hydrogen) atoms. The van der Waals surface area contributed by atoms with Gasteiger partial charge in [0, 0.05) is 5.56 Å². The largest absolute Gasteiger partial charge is 0.493 e. The normalized spacial score (nSPS) is 11.5. The molecule has 0 aliphatic carbocycles. The summed E-state index contributed by atoms with van der Waals surface area (Å²) in [6, 6.07) is 8.66. The van der Waals surface area contributed by atoms with E-state index in [4.69, 9.17) is 21.1 Å². The van der Waals surface area contributed by atoms with Crippen molar-refractivity contribution in [2.45, 2.75) is 26.9 Å². The van der Waals surface area contributed by atoms with Crippen molar-refractivity contribution in [3.63, 3.8) is 0 Å². The molecule has 0 radical (unpaired) electrons.